The van der Waals surface area contributed by atoms with Crippen LogP contribution in [0.1, 0.15) is 131 Å². The van der Waals surface area contributed by atoms with Crippen LogP contribution in [0.25, 0.3) is 0 Å². The van der Waals surface area contributed by atoms with Gasteiger partial charge in [-0.1, -0.05) is 80.1 Å². The molecule has 0 heterocycles. The molecule has 0 bridgehead atoms. The standard InChI is InChI=1S/C31H68N2O7Si2/c1-7-13-23-35-41(36-24-14-8-2,37-25-15-9-3)29-19-21-32-31(34)33-22-20-30-42(38-26-16-10-4,39-27-17-11-5)40-28-18-12-6/h7-30H2,1-6H3,(H2,32,33,34). The van der Waals surface area contributed by atoms with E-state index in [0.717, 1.165) is 89.9 Å². The predicted octanol–water partition coefficient (Wildman–Crippen LogP) is 7.84. The van der Waals surface area contributed by atoms with Crippen LogP contribution >= 0.6 is 0 Å². The minimum absolute atomic E-state index is 0.161. The molecule has 2 amide bonds. The van der Waals surface area contributed by atoms with Crippen LogP contribution in [0, 0.1) is 0 Å². The number of unbranched alkanes of at least 4 members (excludes halogenated alkanes) is 6. The fraction of sp³-hybridized carbons (Fsp3) is 0.968. The van der Waals surface area contributed by atoms with Gasteiger partial charge in [-0.3, -0.25) is 0 Å². The monoisotopic (exact) mass is 636 g/mol. The Labute approximate surface area is 261 Å². The molecule has 2 N–H and O–H groups in total. The van der Waals surface area contributed by atoms with E-state index in [1.165, 1.54) is 0 Å². The molecule has 0 saturated carbocycles. The van der Waals surface area contributed by atoms with E-state index in [-0.39, 0.29) is 6.03 Å². The van der Waals surface area contributed by atoms with Crippen molar-refractivity contribution in [3.63, 3.8) is 0 Å². The van der Waals surface area contributed by atoms with Crippen molar-refractivity contribution >= 4 is 23.6 Å². The van der Waals surface area contributed by atoms with Crippen molar-refractivity contribution in [2.45, 2.75) is 144 Å². The Bertz CT molecular complexity index is 505. The van der Waals surface area contributed by atoms with Crippen LogP contribution in [-0.4, -0.2) is 76.4 Å². The van der Waals surface area contributed by atoms with Gasteiger partial charge in [-0.05, 0) is 51.4 Å². The molecule has 252 valence electrons. The molecule has 0 spiro atoms. The van der Waals surface area contributed by atoms with Crippen molar-refractivity contribution in [2.75, 3.05) is 52.7 Å². The van der Waals surface area contributed by atoms with E-state index < -0.39 is 17.6 Å². The Kier molecular flexibility index (Phi) is 28.8. The minimum Gasteiger partial charge on any atom is -0.373 e. The Hall–Kier alpha value is -0.536. The normalized spacial score (nSPS) is 12.1. The van der Waals surface area contributed by atoms with Gasteiger partial charge in [-0.2, -0.15) is 0 Å². The highest BCUT2D eigenvalue weighted by molar-refractivity contribution is 6.61. The lowest BCUT2D eigenvalue weighted by Crippen LogP contribution is -2.48. The summed E-state index contributed by atoms with van der Waals surface area (Å²) < 4.78 is 37.9. The first-order valence-corrected chi connectivity index (χ1v) is 21.2. The maximum absolute atomic E-state index is 12.6. The average molecular weight is 637 g/mol. The van der Waals surface area contributed by atoms with Crippen molar-refractivity contribution in [3.8, 4) is 0 Å². The molecule has 11 heteroatoms. The first-order chi connectivity index (χ1) is 20.5. The van der Waals surface area contributed by atoms with E-state index in [1.807, 2.05) is 0 Å². The molecule has 0 unspecified atom stereocenters. The fourth-order valence-electron chi connectivity index (χ4n) is 3.99. The molecule has 42 heavy (non-hydrogen) atoms. The van der Waals surface area contributed by atoms with Gasteiger partial charge in [0.25, 0.3) is 0 Å². The fourth-order valence-corrected chi connectivity index (χ4v) is 9.31. The minimum atomic E-state index is -2.78. The predicted molar refractivity (Wildman–Crippen MR) is 177 cm³/mol. The number of nitrogens with one attached hydrogen (secondary N) is 2. The van der Waals surface area contributed by atoms with Crippen LogP contribution in [0.2, 0.25) is 12.1 Å². The molecular weight excluding hydrogens is 569 g/mol. The molecular formula is C31H68N2O7Si2. The van der Waals surface area contributed by atoms with Gasteiger partial charge in [0.2, 0.25) is 0 Å². The molecule has 0 aliphatic carbocycles. The van der Waals surface area contributed by atoms with Gasteiger partial charge in [-0.15, -0.1) is 0 Å². The van der Waals surface area contributed by atoms with E-state index in [1.54, 1.807) is 0 Å². The van der Waals surface area contributed by atoms with E-state index in [9.17, 15) is 4.79 Å². The average Bonchev–Trinajstić information content (AvgIpc) is 2.98. The van der Waals surface area contributed by atoms with Gasteiger partial charge in [-0.25, -0.2) is 4.79 Å². The Morgan fingerprint density at radius 1 is 0.429 bits per heavy atom. The molecule has 0 fully saturated rings. The molecule has 0 rings (SSSR count). The summed E-state index contributed by atoms with van der Waals surface area (Å²) in [5.74, 6) is 0. The molecule has 0 aromatic rings. The number of hydrogen-bond acceptors (Lipinski definition) is 7. The van der Waals surface area contributed by atoms with Gasteiger partial charge in [0.05, 0.1) is 0 Å². The first-order valence-electron chi connectivity index (χ1n) is 17.3. The summed E-state index contributed by atoms with van der Waals surface area (Å²) in [4.78, 5) is 12.6. The van der Waals surface area contributed by atoms with E-state index in [4.69, 9.17) is 26.6 Å². The zero-order chi connectivity index (χ0) is 31.2. The van der Waals surface area contributed by atoms with Crippen molar-refractivity contribution in [3.05, 3.63) is 0 Å². The van der Waals surface area contributed by atoms with Gasteiger partial charge >= 0.3 is 23.6 Å². The number of hydrogen-bond donors (Lipinski definition) is 2. The Morgan fingerprint density at radius 2 is 0.667 bits per heavy atom. The number of urea groups is 1. The summed E-state index contributed by atoms with van der Waals surface area (Å²) >= 11 is 0. The summed E-state index contributed by atoms with van der Waals surface area (Å²) in [6, 6.07) is 1.25. The second kappa shape index (κ2) is 29.2. The van der Waals surface area contributed by atoms with Gasteiger partial charge in [0, 0.05) is 64.8 Å². The van der Waals surface area contributed by atoms with E-state index in [0.29, 0.717) is 64.8 Å². The maximum Gasteiger partial charge on any atom is 0.501 e. The van der Waals surface area contributed by atoms with Crippen LogP contribution in [-0.2, 0) is 26.6 Å². The lowest BCUT2D eigenvalue weighted by Gasteiger charge is -2.30. The maximum atomic E-state index is 12.6. The highest BCUT2D eigenvalue weighted by atomic mass is 28.4. The van der Waals surface area contributed by atoms with Crippen LogP contribution in [0.4, 0.5) is 4.79 Å². The second-order valence-electron chi connectivity index (χ2n) is 11.0. The number of amides is 2. The zero-order valence-corrected chi connectivity index (χ0v) is 30.3. The third-order valence-corrected chi connectivity index (χ3v) is 12.6. The third kappa shape index (κ3) is 22.0. The van der Waals surface area contributed by atoms with Gasteiger partial charge in [0.15, 0.2) is 0 Å². The highest BCUT2D eigenvalue weighted by Crippen LogP contribution is 2.21. The number of rotatable bonds is 32. The van der Waals surface area contributed by atoms with E-state index in [2.05, 4.69) is 52.2 Å². The quantitative estimate of drug-likeness (QED) is 0.0573. The van der Waals surface area contributed by atoms with Crippen LogP contribution < -0.4 is 10.6 Å². The van der Waals surface area contributed by atoms with Gasteiger partial charge < -0.3 is 37.2 Å². The zero-order valence-electron chi connectivity index (χ0n) is 28.3. The molecule has 9 nitrogen and oxygen atoms in total. The van der Waals surface area contributed by atoms with E-state index >= 15 is 0 Å². The molecule has 0 aromatic carbocycles. The first kappa shape index (κ1) is 41.5. The van der Waals surface area contributed by atoms with Crippen molar-refractivity contribution < 1.29 is 31.4 Å². The topological polar surface area (TPSA) is 96.5 Å². The second-order valence-corrected chi connectivity index (χ2v) is 16.4. The molecule has 0 aromatic heterocycles. The number of carbonyl (C=O) groups excluding carboxylic acids is 1. The van der Waals surface area contributed by atoms with Gasteiger partial charge in [0.1, 0.15) is 0 Å². The lowest BCUT2D eigenvalue weighted by atomic mass is 10.4. The largest absolute Gasteiger partial charge is 0.501 e. The molecule has 0 aliphatic heterocycles. The molecule has 0 saturated heterocycles. The summed E-state index contributed by atoms with van der Waals surface area (Å²) in [5, 5.41) is 6.01. The smallest absolute Gasteiger partial charge is 0.373 e. The number of carbonyl (C=O) groups is 1. The summed E-state index contributed by atoms with van der Waals surface area (Å²) in [7, 11) is -5.56. The van der Waals surface area contributed by atoms with Crippen molar-refractivity contribution in [1.82, 2.24) is 10.6 Å². The summed E-state index contributed by atoms with van der Waals surface area (Å²) in [6.45, 7) is 18.0. The molecule has 0 aliphatic rings. The van der Waals surface area contributed by atoms with Crippen LogP contribution in [0.5, 0.6) is 0 Å². The Morgan fingerprint density at radius 3 is 0.881 bits per heavy atom. The van der Waals surface area contributed by atoms with Crippen LogP contribution in [0.15, 0.2) is 0 Å². The lowest BCUT2D eigenvalue weighted by molar-refractivity contribution is 0.0553. The molecule has 0 atom stereocenters. The SMILES string of the molecule is CCCCO[Si](CCCNC(=O)NCCC[Si](OCCCC)(OCCCC)OCCCC)(OCCCC)OCCCC. The van der Waals surface area contributed by atoms with Crippen molar-refractivity contribution in [2.24, 2.45) is 0 Å². The highest BCUT2D eigenvalue weighted by Gasteiger charge is 2.41. The van der Waals surface area contributed by atoms with Crippen molar-refractivity contribution in [1.29, 1.82) is 0 Å². The summed E-state index contributed by atoms with van der Waals surface area (Å²) in [5.41, 5.74) is 0. The Balaban J connectivity index is 4.85. The van der Waals surface area contributed by atoms with Crippen LogP contribution in [0.3, 0.4) is 0 Å². The third-order valence-electron chi connectivity index (χ3n) is 6.81. The molecule has 0 radical (unpaired) electrons. The summed E-state index contributed by atoms with van der Waals surface area (Å²) in [6.07, 6.45) is 13.9.